The van der Waals surface area contributed by atoms with Crippen LogP contribution >= 0.6 is 0 Å². The number of ether oxygens (including phenoxy) is 1. The number of rotatable bonds is 11. The van der Waals surface area contributed by atoms with Crippen LogP contribution in [0.4, 0.5) is 11.4 Å². The van der Waals surface area contributed by atoms with Gasteiger partial charge in [0.05, 0.1) is 28.3 Å². The zero-order valence-electron chi connectivity index (χ0n) is 20.8. The van der Waals surface area contributed by atoms with Crippen molar-refractivity contribution in [3.8, 4) is 17.1 Å². The third-order valence-electron chi connectivity index (χ3n) is 5.42. The molecule has 1 N–H and O–H groups in total. The van der Waals surface area contributed by atoms with Crippen LogP contribution in [0.25, 0.3) is 11.3 Å². The summed E-state index contributed by atoms with van der Waals surface area (Å²) in [6.45, 7) is 1.76. The van der Waals surface area contributed by atoms with Crippen molar-refractivity contribution in [2.75, 3.05) is 17.5 Å². The van der Waals surface area contributed by atoms with Crippen molar-refractivity contribution in [2.24, 2.45) is 5.10 Å². The van der Waals surface area contributed by atoms with Crippen LogP contribution in [-0.2, 0) is 14.8 Å². The van der Waals surface area contributed by atoms with Gasteiger partial charge in [-0.3, -0.25) is 19.2 Å². The first-order chi connectivity index (χ1) is 18.8. The van der Waals surface area contributed by atoms with Gasteiger partial charge in [0.15, 0.2) is 0 Å². The van der Waals surface area contributed by atoms with E-state index in [1.54, 1.807) is 66.7 Å². The monoisotopic (exact) mass is 548 g/mol. The number of nitro benzene ring substituents is 1. The maximum Gasteiger partial charge on any atom is 0.269 e. The Morgan fingerprint density at radius 3 is 2.36 bits per heavy atom. The van der Waals surface area contributed by atoms with Gasteiger partial charge in [-0.25, -0.2) is 13.8 Å². The summed E-state index contributed by atoms with van der Waals surface area (Å²) in [4.78, 5) is 23.1. The van der Waals surface area contributed by atoms with Gasteiger partial charge in [0.2, 0.25) is 0 Å². The quantitative estimate of drug-likeness (QED) is 0.164. The number of sulfonamides is 1. The van der Waals surface area contributed by atoms with Crippen molar-refractivity contribution >= 4 is 33.5 Å². The molecule has 0 atom stereocenters. The lowest BCUT2D eigenvalue weighted by Crippen LogP contribution is -2.39. The molecule has 3 aromatic carbocycles. The van der Waals surface area contributed by atoms with E-state index in [4.69, 9.17) is 9.15 Å². The second-order valence-corrected chi connectivity index (χ2v) is 9.91. The van der Waals surface area contributed by atoms with Gasteiger partial charge in [-0.15, -0.1) is 0 Å². The van der Waals surface area contributed by atoms with Gasteiger partial charge in [0.25, 0.3) is 21.6 Å². The van der Waals surface area contributed by atoms with E-state index in [0.29, 0.717) is 29.4 Å². The van der Waals surface area contributed by atoms with Crippen LogP contribution in [0, 0.1) is 10.1 Å². The Bertz CT molecular complexity index is 1570. The number of carbonyl (C=O) groups is 1. The molecule has 0 radical (unpaired) electrons. The number of benzene rings is 3. The van der Waals surface area contributed by atoms with Crippen molar-refractivity contribution in [1.82, 2.24) is 5.43 Å². The van der Waals surface area contributed by atoms with Gasteiger partial charge in [0, 0.05) is 17.7 Å². The summed E-state index contributed by atoms with van der Waals surface area (Å²) in [5.74, 6) is 0.651. The highest BCUT2D eigenvalue weighted by molar-refractivity contribution is 7.92. The Balaban J connectivity index is 1.47. The molecule has 11 nitrogen and oxygen atoms in total. The fourth-order valence-corrected chi connectivity index (χ4v) is 5.01. The Morgan fingerprint density at radius 2 is 1.72 bits per heavy atom. The lowest BCUT2D eigenvalue weighted by molar-refractivity contribution is -0.384. The number of amides is 1. The minimum absolute atomic E-state index is 0.0320. The number of hydrogen-bond donors (Lipinski definition) is 1. The molecule has 0 aliphatic rings. The third-order valence-corrected chi connectivity index (χ3v) is 7.21. The number of carbonyl (C=O) groups excluding carboxylic acids is 1. The molecule has 4 aromatic rings. The number of non-ortho nitro benzene ring substituents is 1. The average molecular weight is 549 g/mol. The number of hydrazone groups is 1. The standard InChI is InChI=1S/C27H24N4O7S/c1-2-37-23-14-12-21(13-15-23)30(39(35,36)25-6-4-3-5-7-25)19-27(32)29-28-18-24-16-17-26(38-24)20-8-10-22(11-9-20)31(33)34/h3-18H,2,19H2,1H3,(H,29,32)/b28-18-. The fraction of sp³-hybridized carbons (Fsp3) is 0.111. The van der Waals surface area contributed by atoms with Crippen molar-refractivity contribution in [1.29, 1.82) is 0 Å². The van der Waals surface area contributed by atoms with Gasteiger partial charge in [0.1, 0.15) is 23.8 Å². The summed E-state index contributed by atoms with van der Waals surface area (Å²) >= 11 is 0. The van der Waals surface area contributed by atoms with Crippen molar-refractivity contribution in [3.05, 3.63) is 107 Å². The molecule has 1 heterocycles. The van der Waals surface area contributed by atoms with Crippen LogP contribution < -0.4 is 14.5 Å². The van der Waals surface area contributed by atoms with Crippen LogP contribution in [0.2, 0.25) is 0 Å². The minimum Gasteiger partial charge on any atom is -0.494 e. The van der Waals surface area contributed by atoms with Gasteiger partial charge in [-0.1, -0.05) is 18.2 Å². The first-order valence-electron chi connectivity index (χ1n) is 11.7. The van der Waals surface area contributed by atoms with Gasteiger partial charge >= 0.3 is 0 Å². The number of nitro groups is 1. The van der Waals surface area contributed by atoms with E-state index in [-0.39, 0.29) is 16.3 Å². The number of nitrogens with zero attached hydrogens (tertiary/aromatic N) is 3. The van der Waals surface area contributed by atoms with Gasteiger partial charge in [-0.05, 0) is 67.6 Å². The van der Waals surface area contributed by atoms with Crippen molar-refractivity contribution in [2.45, 2.75) is 11.8 Å². The van der Waals surface area contributed by atoms with E-state index in [1.165, 1.54) is 30.5 Å². The predicted molar refractivity (Wildman–Crippen MR) is 145 cm³/mol. The van der Waals surface area contributed by atoms with E-state index in [2.05, 4.69) is 10.5 Å². The highest BCUT2D eigenvalue weighted by atomic mass is 32.2. The maximum absolute atomic E-state index is 13.4. The molecular formula is C27H24N4O7S. The number of anilines is 1. The summed E-state index contributed by atoms with van der Waals surface area (Å²) in [6, 6.07) is 23.3. The van der Waals surface area contributed by atoms with E-state index in [9.17, 15) is 23.3 Å². The summed E-state index contributed by atoms with van der Waals surface area (Å²) in [7, 11) is -4.07. The number of furan rings is 1. The van der Waals surface area contributed by atoms with E-state index in [0.717, 1.165) is 4.31 Å². The summed E-state index contributed by atoms with van der Waals surface area (Å²) in [5, 5.41) is 14.7. The minimum atomic E-state index is -4.07. The first kappa shape index (κ1) is 27.1. The van der Waals surface area contributed by atoms with Crippen LogP contribution in [0.3, 0.4) is 0 Å². The molecule has 1 aromatic heterocycles. The molecule has 200 valence electrons. The molecule has 0 aliphatic heterocycles. The molecule has 0 saturated carbocycles. The molecule has 12 heteroatoms. The van der Waals surface area contributed by atoms with E-state index >= 15 is 0 Å². The Kier molecular flexibility index (Phi) is 8.37. The van der Waals surface area contributed by atoms with Crippen LogP contribution in [-0.4, -0.2) is 38.6 Å². The summed E-state index contributed by atoms with van der Waals surface area (Å²) in [5.41, 5.74) is 3.19. The Hall–Kier alpha value is -4.97. The molecule has 1 amide bonds. The van der Waals surface area contributed by atoms with E-state index < -0.39 is 27.4 Å². The molecular weight excluding hydrogens is 524 g/mol. The largest absolute Gasteiger partial charge is 0.494 e. The molecule has 39 heavy (non-hydrogen) atoms. The lowest BCUT2D eigenvalue weighted by Gasteiger charge is -2.23. The van der Waals surface area contributed by atoms with Gasteiger partial charge < -0.3 is 9.15 Å². The summed E-state index contributed by atoms with van der Waals surface area (Å²) < 4.78 is 38.9. The average Bonchev–Trinajstić information content (AvgIpc) is 3.42. The van der Waals surface area contributed by atoms with Crippen LogP contribution in [0.1, 0.15) is 12.7 Å². The zero-order valence-corrected chi connectivity index (χ0v) is 21.6. The molecule has 0 spiro atoms. The maximum atomic E-state index is 13.4. The molecule has 0 saturated heterocycles. The van der Waals surface area contributed by atoms with Crippen LogP contribution in [0.15, 0.2) is 105 Å². The molecule has 0 aliphatic carbocycles. The Morgan fingerprint density at radius 1 is 1.03 bits per heavy atom. The van der Waals surface area contributed by atoms with Crippen molar-refractivity contribution in [3.63, 3.8) is 0 Å². The molecule has 0 unspecified atom stereocenters. The second kappa shape index (κ2) is 12.0. The van der Waals surface area contributed by atoms with Gasteiger partial charge in [-0.2, -0.15) is 5.10 Å². The lowest BCUT2D eigenvalue weighted by atomic mass is 10.1. The van der Waals surface area contributed by atoms with E-state index in [1.807, 2.05) is 6.92 Å². The van der Waals surface area contributed by atoms with Crippen molar-refractivity contribution < 1.29 is 27.3 Å². The zero-order chi connectivity index (χ0) is 27.8. The highest BCUT2D eigenvalue weighted by Gasteiger charge is 2.27. The predicted octanol–water partition coefficient (Wildman–Crippen LogP) is 4.60. The van der Waals surface area contributed by atoms with Crippen LogP contribution in [0.5, 0.6) is 5.75 Å². The molecule has 0 fully saturated rings. The highest BCUT2D eigenvalue weighted by Crippen LogP contribution is 2.26. The first-order valence-corrected chi connectivity index (χ1v) is 13.2. The fourth-order valence-electron chi connectivity index (χ4n) is 3.57. The third kappa shape index (κ3) is 6.67. The topological polar surface area (TPSA) is 144 Å². The SMILES string of the molecule is CCOc1ccc(N(CC(=O)N/N=C\c2ccc(-c3ccc([N+](=O)[O-])cc3)o2)S(=O)(=O)c2ccccc2)cc1. The summed E-state index contributed by atoms with van der Waals surface area (Å²) in [6.07, 6.45) is 1.26. The molecule has 4 rings (SSSR count). The second-order valence-electron chi connectivity index (χ2n) is 8.05. The number of hydrogen-bond acceptors (Lipinski definition) is 8. The number of nitrogens with one attached hydrogen (secondary N) is 1. The smallest absolute Gasteiger partial charge is 0.269 e. The Labute approximate surface area is 224 Å². The normalized spacial score (nSPS) is 11.3. The molecule has 0 bridgehead atoms.